The van der Waals surface area contributed by atoms with Crippen LogP contribution in [0.3, 0.4) is 0 Å². The van der Waals surface area contributed by atoms with Gasteiger partial charge in [0.1, 0.15) is 41.6 Å². The average molecular weight is 524 g/mol. The van der Waals surface area contributed by atoms with Crippen LogP contribution in [0.4, 0.5) is 8.78 Å². The molecule has 0 unspecified atom stereocenters. The van der Waals surface area contributed by atoms with Gasteiger partial charge in [-0.3, -0.25) is 10.8 Å². The van der Waals surface area contributed by atoms with Gasteiger partial charge in [-0.05, 0) is 18.2 Å². The van der Waals surface area contributed by atoms with Gasteiger partial charge < -0.3 is 33.8 Å². The number of nitrogens with one attached hydrogen (secondary N) is 3. The van der Waals surface area contributed by atoms with Gasteiger partial charge in [-0.25, -0.2) is 8.78 Å². The maximum atomic E-state index is 14.5. The summed E-state index contributed by atoms with van der Waals surface area (Å²) >= 11 is 6.24. The second kappa shape index (κ2) is 9.58. The molecule has 4 atom stereocenters. The van der Waals surface area contributed by atoms with Crippen LogP contribution in [-0.2, 0) is 20.8 Å². The molecule has 3 aromatic rings. The van der Waals surface area contributed by atoms with Crippen molar-refractivity contribution in [2.75, 3.05) is 13.2 Å². The van der Waals surface area contributed by atoms with Crippen LogP contribution in [0.25, 0.3) is 11.2 Å². The predicted octanol–water partition coefficient (Wildman–Crippen LogP) is 2.71. The number of hydrogen-bond donors (Lipinski definition) is 4. The SMILES string of the molecule is CC(=N)OC(=N)c1cc(F)c(COc2nc3nc(O[C@@H]4CO[C@H]5[C@@H]4OC[C@H]5O)[nH]c3cc2Cl)c(F)c1. The van der Waals surface area contributed by atoms with Crippen LogP contribution in [0.2, 0.25) is 5.02 Å². The monoisotopic (exact) mass is 523 g/mol. The smallest absolute Gasteiger partial charge is 0.296 e. The standard InChI is InChI=1S/C22H20ClF2N5O6/c1-8(26)35-19(27)9-2-12(24)10(13(25)3-9)5-34-21-11(23)4-14-20(29-21)30-22(28-14)36-16-7-33-17-15(31)6-32-18(16)17/h2-4,15-18,26-27,31H,5-7H2,1H3,(H,28,29,30)/t15-,16-,17-,18-/m1/s1. The molecule has 4 N–H and O–H groups in total. The molecule has 0 saturated carbocycles. The maximum Gasteiger partial charge on any atom is 0.296 e. The second-order valence-electron chi connectivity index (χ2n) is 8.20. The number of nitrogens with zero attached hydrogens (tertiary/aromatic N) is 2. The molecule has 2 aliphatic heterocycles. The normalized spacial score (nSPS) is 23.0. The van der Waals surface area contributed by atoms with E-state index in [1.54, 1.807) is 0 Å². The quantitative estimate of drug-likeness (QED) is 0.284. The summed E-state index contributed by atoms with van der Waals surface area (Å²) in [6.07, 6.45) is -2.08. The summed E-state index contributed by atoms with van der Waals surface area (Å²) in [6.45, 7) is 1.13. The molecular weight excluding hydrogens is 504 g/mol. The van der Waals surface area contributed by atoms with E-state index in [9.17, 15) is 13.9 Å². The van der Waals surface area contributed by atoms with Gasteiger partial charge in [0.25, 0.3) is 6.01 Å². The molecule has 14 heteroatoms. The summed E-state index contributed by atoms with van der Waals surface area (Å²) in [5, 5.41) is 24.8. The lowest BCUT2D eigenvalue weighted by atomic mass is 10.1. The molecule has 2 aromatic heterocycles. The van der Waals surface area contributed by atoms with E-state index in [0.717, 1.165) is 12.1 Å². The number of halogens is 3. The largest absolute Gasteiger partial charge is 0.471 e. The van der Waals surface area contributed by atoms with Crippen LogP contribution in [-0.4, -0.2) is 69.5 Å². The van der Waals surface area contributed by atoms with Gasteiger partial charge in [-0.15, -0.1) is 0 Å². The lowest BCUT2D eigenvalue weighted by Gasteiger charge is -2.15. The molecule has 0 spiro atoms. The summed E-state index contributed by atoms with van der Waals surface area (Å²) < 4.78 is 56.2. The number of pyridine rings is 1. The lowest BCUT2D eigenvalue weighted by molar-refractivity contribution is 0.00706. The van der Waals surface area contributed by atoms with Gasteiger partial charge >= 0.3 is 0 Å². The highest BCUT2D eigenvalue weighted by atomic mass is 35.5. The van der Waals surface area contributed by atoms with E-state index in [1.807, 2.05) is 0 Å². The Morgan fingerprint density at radius 1 is 1.17 bits per heavy atom. The predicted molar refractivity (Wildman–Crippen MR) is 121 cm³/mol. The molecule has 2 fully saturated rings. The molecule has 4 heterocycles. The number of aliphatic hydroxyl groups is 1. The number of H-pyrrole nitrogens is 1. The van der Waals surface area contributed by atoms with Crippen molar-refractivity contribution in [3.63, 3.8) is 0 Å². The molecule has 2 aliphatic rings. The molecule has 2 saturated heterocycles. The number of aliphatic hydroxyl groups excluding tert-OH is 1. The fourth-order valence-electron chi connectivity index (χ4n) is 3.95. The van der Waals surface area contributed by atoms with E-state index in [1.165, 1.54) is 13.0 Å². The first-order chi connectivity index (χ1) is 17.2. The number of hydrogen-bond acceptors (Lipinski definition) is 10. The maximum absolute atomic E-state index is 14.5. The Morgan fingerprint density at radius 2 is 1.89 bits per heavy atom. The first kappa shape index (κ1) is 24.3. The van der Waals surface area contributed by atoms with Crippen LogP contribution in [0.1, 0.15) is 18.1 Å². The second-order valence-corrected chi connectivity index (χ2v) is 8.61. The van der Waals surface area contributed by atoms with Crippen molar-refractivity contribution in [3.05, 3.63) is 46.0 Å². The summed E-state index contributed by atoms with van der Waals surface area (Å²) in [7, 11) is 0. The average Bonchev–Trinajstić information content (AvgIpc) is 3.49. The number of aromatic amines is 1. The van der Waals surface area contributed by atoms with Gasteiger partial charge in [0.05, 0.1) is 24.3 Å². The van der Waals surface area contributed by atoms with Crippen LogP contribution in [0.15, 0.2) is 18.2 Å². The Morgan fingerprint density at radius 3 is 2.61 bits per heavy atom. The molecule has 1 aromatic carbocycles. The van der Waals surface area contributed by atoms with Crippen molar-refractivity contribution in [3.8, 4) is 11.9 Å². The van der Waals surface area contributed by atoms with E-state index in [0.29, 0.717) is 5.52 Å². The molecule has 5 rings (SSSR count). The Bertz CT molecular complexity index is 1330. The van der Waals surface area contributed by atoms with Gasteiger partial charge in [0.2, 0.25) is 11.8 Å². The van der Waals surface area contributed by atoms with Gasteiger partial charge in [-0.1, -0.05) is 11.6 Å². The van der Waals surface area contributed by atoms with Crippen molar-refractivity contribution >= 4 is 34.6 Å². The first-order valence-electron chi connectivity index (χ1n) is 10.8. The highest BCUT2D eigenvalue weighted by molar-refractivity contribution is 6.32. The zero-order chi connectivity index (χ0) is 25.6. The van der Waals surface area contributed by atoms with Gasteiger partial charge in [0.15, 0.2) is 17.6 Å². The molecule has 0 aliphatic carbocycles. The Labute approximate surface area is 207 Å². The fourth-order valence-corrected chi connectivity index (χ4v) is 4.16. The number of imidazole rings is 1. The van der Waals surface area contributed by atoms with Crippen molar-refractivity contribution in [1.82, 2.24) is 15.0 Å². The number of rotatable bonds is 6. The highest BCUT2D eigenvalue weighted by Gasteiger charge is 2.48. The van der Waals surface area contributed by atoms with E-state index in [4.69, 9.17) is 46.1 Å². The summed E-state index contributed by atoms with van der Waals surface area (Å²) in [5.74, 6) is -2.89. The Hall–Kier alpha value is -3.39. The number of fused-ring (bicyclic) bond motifs is 2. The van der Waals surface area contributed by atoms with E-state index in [2.05, 4.69) is 15.0 Å². The van der Waals surface area contributed by atoms with Crippen molar-refractivity contribution < 1.29 is 37.6 Å². The number of benzene rings is 1. The minimum atomic E-state index is -0.968. The van der Waals surface area contributed by atoms with Gasteiger partial charge in [-0.2, -0.15) is 9.97 Å². The number of ether oxygens (including phenoxy) is 5. The zero-order valence-electron chi connectivity index (χ0n) is 18.7. The van der Waals surface area contributed by atoms with Crippen molar-refractivity contribution in [2.45, 2.75) is 37.9 Å². The first-order valence-corrected chi connectivity index (χ1v) is 11.1. The third-order valence-corrected chi connectivity index (χ3v) is 5.90. The van der Waals surface area contributed by atoms with E-state index in [-0.39, 0.29) is 47.2 Å². The number of aromatic nitrogens is 3. The molecule has 190 valence electrons. The minimum absolute atomic E-state index is 0.0679. The topological polar surface area (TPSA) is 156 Å². The third-order valence-electron chi connectivity index (χ3n) is 5.63. The van der Waals surface area contributed by atoms with Crippen LogP contribution in [0.5, 0.6) is 11.9 Å². The molecule has 0 amide bonds. The Kier molecular flexibility index (Phi) is 6.47. The minimum Gasteiger partial charge on any atom is -0.471 e. The highest BCUT2D eigenvalue weighted by Crippen LogP contribution is 2.31. The van der Waals surface area contributed by atoms with E-state index < -0.39 is 54.1 Å². The van der Waals surface area contributed by atoms with Crippen molar-refractivity contribution in [1.29, 1.82) is 10.8 Å². The summed E-state index contributed by atoms with van der Waals surface area (Å²) in [5.41, 5.74) is 0.0539. The van der Waals surface area contributed by atoms with Crippen LogP contribution < -0.4 is 9.47 Å². The molecule has 36 heavy (non-hydrogen) atoms. The van der Waals surface area contributed by atoms with Crippen LogP contribution >= 0.6 is 11.6 Å². The summed E-state index contributed by atoms with van der Waals surface area (Å²) in [6, 6.07) is 3.43. The summed E-state index contributed by atoms with van der Waals surface area (Å²) in [4.78, 5) is 11.4. The lowest BCUT2D eigenvalue weighted by Crippen LogP contribution is -2.34. The zero-order valence-corrected chi connectivity index (χ0v) is 19.4. The third kappa shape index (κ3) is 4.69. The Balaban J connectivity index is 1.29. The van der Waals surface area contributed by atoms with Gasteiger partial charge in [0, 0.05) is 12.5 Å². The molecule has 0 radical (unpaired) electrons. The molecule has 0 bridgehead atoms. The fraction of sp³-hybridized carbons (Fsp3) is 0.364. The van der Waals surface area contributed by atoms with Crippen LogP contribution in [0, 0.1) is 22.5 Å². The molecular formula is C22H20ClF2N5O6. The van der Waals surface area contributed by atoms with E-state index >= 15 is 0 Å². The van der Waals surface area contributed by atoms with Crippen molar-refractivity contribution in [2.24, 2.45) is 0 Å². The molecule has 11 nitrogen and oxygen atoms in total.